The highest BCUT2D eigenvalue weighted by molar-refractivity contribution is 14.2. The lowest BCUT2D eigenvalue weighted by Crippen LogP contribution is -2.41. The zero-order valence-corrected chi connectivity index (χ0v) is 21.3. The van der Waals surface area contributed by atoms with Crippen LogP contribution in [0.15, 0.2) is 47.7 Å². The number of halogens is 2. The number of Topliss-reactive ketones (excluding diaryl/α,β-unsaturated/α-hetero) is 1. The van der Waals surface area contributed by atoms with Gasteiger partial charge in [-0.3, -0.25) is 13.9 Å². The van der Waals surface area contributed by atoms with E-state index in [1.807, 2.05) is 19.9 Å². The first-order valence-electron chi connectivity index (χ1n) is 9.52. The molecule has 0 aromatic rings. The number of amides is 1. The molecule has 0 aromatic heterocycles. The van der Waals surface area contributed by atoms with Gasteiger partial charge in [0.1, 0.15) is 17.5 Å². The number of allylic oxidation sites excluding steroid dienone is 3. The number of nitriles is 1. The van der Waals surface area contributed by atoms with Crippen LogP contribution >= 0.6 is 30.3 Å². The van der Waals surface area contributed by atoms with Crippen molar-refractivity contribution in [1.82, 2.24) is 14.5 Å². The highest BCUT2D eigenvalue weighted by Gasteiger charge is 2.36. The van der Waals surface area contributed by atoms with E-state index in [1.165, 1.54) is 29.2 Å². The summed E-state index contributed by atoms with van der Waals surface area (Å²) in [5.74, 6) is -1.29. The number of hydrogen-bond acceptors (Lipinski definition) is 6. The Morgan fingerprint density at radius 2 is 2.07 bits per heavy atom. The predicted molar refractivity (Wildman–Crippen MR) is 130 cm³/mol. The van der Waals surface area contributed by atoms with Crippen LogP contribution in [0, 0.1) is 17.2 Å². The van der Waals surface area contributed by atoms with Gasteiger partial charge in [-0.05, 0) is 13.3 Å². The number of hydrogen-bond donors (Lipinski definition) is 1. The third kappa shape index (κ3) is 8.14. The van der Waals surface area contributed by atoms with Crippen LogP contribution in [-0.4, -0.2) is 41.0 Å². The predicted octanol–water partition coefficient (Wildman–Crippen LogP) is 5.04. The molecule has 0 saturated heterocycles. The quantitative estimate of drug-likeness (QED) is 0.151. The molecule has 1 N–H and O–H groups in total. The average Bonchev–Trinajstić information content (AvgIpc) is 2.71. The van der Waals surface area contributed by atoms with Crippen molar-refractivity contribution >= 4 is 42.0 Å². The Labute approximate surface area is 195 Å². The maximum Gasteiger partial charge on any atom is 0.221 e. The van der Waals surface area contributed by atoms with Crippen LogP contribution in [0.25, 0.3) is 0 Å². The van der Waals surface area contributed by atoms with E-state index in [9.17, 15) is 19.2 Å². The molecule has 1 amide bonds. The van der Waals surface area contributed by atoms with E-state index in [-0.39, 0.29) is 35.6 Å². The normalized spacial score (nSPS) is 19.4. The van der Waals surface area contributed by atoms with E-state index >= 15 is 0 Å². The van der Waals surface area contributed by atoms with Crippen LogP contribution in [0.5, 0.6) is 0 Å². The Morgan fingerprint density at radius 3 is 2.47 bits per heavy atom. The lowest BCUT2D eigenvalue weighted by atomic mass is 9.87. The maximum absolute atomic E-state index is 14.0. The monoisotopic (exact) mass is 548 g/mol. The number of carbonyl (C=O) groups excluding carboxylic acids is 2. The molecule has 30 heavy (non-hydrogen) atoms. The molecule has 0 fully saturated rings. The van der Waals surface area contributed by atoms with Gasteiger partial charge in [-0.25, -0.2) is 4.39 Å². The molecule has 6 nitrogen and oxygen atoms in total. The first-order valence-corrected chi connectivity index (χ1v) is 12.8. The molecule has 1 aliphatic rings. The summed E-state index contributed by atoms with van der Waals surface area (Å²) in [5.41, 5.74) is 0.565. The zero-order valence-electron chi connectivity index (χ0n) is 18.3. The molecular weight excluding hydrogens is 518 g/mol. The second-order valence-corrected chi connectivity index (χ2v) is 8.24. The van der Waals surface area contributed by atoms with Crippen molar-refractivity contribution in [2.45, 2.75) is 46.6 Å². The van der Waals surface area contributed by atoms with E-state index in [2.05, 4.69) is 33.1 Å². The van der Waals surface area contributed by atoms with Crippen LogP contribution in [0.1, 0.15) is 40.5 Å². The standard InChI is InChI=1S/C19H24FIN4O2S.C2H6/c1-6-14-7-8-17(19(27)15(10-22)11-24(4)5)25(28-21)18(14)9-16(12(2)20)23-13(3)26;1-2/h6,8,11,14,18H,1,7,9H2,2-5H3,(H,23,26);1-2H3/b15-11+,16-12-;. The fourth-order valence-corrected chi connectivity index (χ4v) is 4.93. The molecule has 1 rings (SSSR count). The van der Waals surface area contributed by atoms with E-state index < -0.39 is 11.6 Å². The summed E-state index contributed by atoms with van der Waals surface area (Å²) < 4.78 is 15.8. The topological polar surface area (TPSA) is 76.4 Å². The van der Waals surface area contributed by atoms with Crippen LogP contribution in [0.2, 0.25) is 0 Å². The molecule has 9 heteroatoms. The van der Waals surface area contributed by atoms with Crippen LogP contribution in [0.4, 0.5) is 4.39 Å². The van der Waals surface area contributed by atoms with Gasteiger partial charge in [0.15, 0.2) is 0 Å². The lowest BCUT2D eigenvalue weighted by Gasteiger charge is -2.39. The van der Waals surface area contributed by atoms with E-state index in [1.54, 1.807) is 35.5 Å². The fourth-order valence-electron chi connectivity index (χ4n) is 2.85. The summed E-state index contributed by atoms with van der Waals surface area (Å²) >= 11 is 2.05. The zero-order chi connectivity index (χ0) is 23.4. The van der Waals surface area contributed by atoms with Gasteiger partial charge < -0.3 is 10.2 Å². The van der Waals surface area contributed by atoms with Crippen LogP contribution < -0.4 is 5.32 Å². The van der Waals surface area contributed by atoms with Crippen molar-refractivity contribution in [2.75, 3.05) is 14.1 Å². The second-order valence-electron chi connectivity index (χ2n) is 6.53. The van der Waals surface area contributed by atoms with Crippen molar-refractivity contribution in [3.05, 3.63) is 47.7 Å². The molecule has 1 heterocycles. The number of nitrogens with one attached hydrogen (secondary N) is 1. The summed E-state index contributed by atoms with van der Waals surface area (Å²) in [6.45, 7) is 10.5. The minimum absolute atomic E-state index is 0.0156. The molecule has 2 atom stereocenters. The van der Waals surface area contributed by atoms with E-state index in [4.69, 9.17) is 0 Å². The summed E-state index contributed by atoms with van der Waals surface area (Å²) in [5, 5.41) is 11.9. The van der Waals surface area contributed by atoms with E-state index in [0.29, 0.717) is 12.1 Å². The largest absolute Gasteiger partial charge is 0.382 e. The first-order chi connectivity index (χ1) is 14.2. The minimum Gasteiger partial charge on any atom is -0.382 e. The molecule has 2 unspecified atom stereocenters. The number of ketones is 1. The Hall–Kier alpha value is -1.80. The molecule has 0 aliphatic carbocycles. The molecule has 0 bridgehead atoms. The Kier molecular flexibility index (Phi) is 13.4. The second kappa shape index (κ2) is 14.2. The number of carbonyl (C=O) groups is 2. The van der Waals surface area contributed by atoms with Crippen molar-refractivity contribution in [3.63, 3.8) is 0 Å². The van der Waals surface area contributed by atoms with E-state index in [0.717, 1.165) is 0 Å². The summed E-state index contributed by atoms with van der Waals surface area (Å²) in [6, 6.07) is 1.63. The SMILES string of the molecule is C=CC1CC=C(C(=O)/C(C#N)=C/N(C)C)N(SI)C1C/C(NC(C)=O)=C(\C)F.CC. The van der Waals surface area contributed by atoms with Crippen molar-refractivity contribution in [3.8, 4) is 6.07 Å². The van der Waals surface area contributed by atoms with Gasteiger partial charge in [0.05, 0.1) is 17.4 Å². The summed E-state index contributed by atoms with van der Waals surface area (Å²) in [4.78, 5) is 26.0. The highest BCUT2D eigenvalue weighted by Crippen LogP contribution is 2.39. The van der Waals surface area contributed by atoms with Gasteiger partial charge >= 0.3 is 0 Å². The fraction of sp³-hybridized carbons (Fsp3) is 0.476. The third-order valence-electron chi connectivity index (χ3n) is 4.13. The maximum atomic E-state index is 14.0. The molecule has 0 aromatic carbocycles. The van der Waals surface area contributed by atoms with Crippen molar-refractivity contribution in [1.29, 1.82) is 5.26 Å². The number of rotatable bonds is 8. The smallest absolute Gasteiger partial charge is 0.221 e. The Balaban J connectivity index is 0.00000407. The summed E-state index contributed by atoms with van der Waals surface area (Å²) in [6.07, 6.45) is 5.74. The minimum atomic E-state index is -0.482. The van der Waals surface area contributed by atoms with Crippen LogP contribution in [-0.2, 0) is 9.59 Å². The summed E-state index contributed by atoms with van der Waals surface area (Å²) in [7, 11) is 4.75. The van der Waals surface area contributed by atoms with Gasteiger partial charge in [0, 0.05) is 69.9 Å². The van der Waals surface area contributed by atoms with Crippen LogP contribution in [0.3, 0.4) is 0 Å². The van der Waals surface area contributed by atoms with Gasteiger partial charge in [0.2, 0.25) is 11.7 Å². The first kappa shape index (κ1) is 28.2. The Bertz CT molecular complexity index is 767. The number of nitrogens with zero attached hydrogens (tertiary/aromatic N) is 3. The molecule has 1 aliphatic heterocycles. The molecule has 0 radical (unpaired) electrons. The van der Waals surface area contributed by atoms with Gasteiger partial charge in [-0.2, -0.15) is 5.26 Å². The molecule has 0 spiro atoms. The van der Waals surface area contributed by atoms with Gasteiger partial charge in [-0.15, -0.1) is 6.58 Å². The lowest BCUT2D eigenvalue weighted by molar-refractivity contribution is -0.118. The average molecular weight is 548 g/mol. The van der Waals surface area contributed by atoms with Crippen molar-refractivity contribution in [2.24, 2.45) is 5.92 Å². The van der Waals surface area contributed by atoms with Crippen molar-refractivity contribution < 1.29 is 14.0 Å². The molecule has 166 valence electrons. The van der Waals surface area contributed by atoms with Gasteiger partial charge in [0.25, 0.3) is 0 Å². The molecule has 0 saturated carbocycles. The third-order valence-corrected chi connectivity index (χ3v) is 6.02. The molecular formula is C21H30FIN4O2S. The highest BCUT2D eigenvalue weighted by atomic mass is 127. The van der Waals surface area contributed by atoms with Gasteiger partial charge in [-0.1, -0.05) is 26.0 Å². The Morgan fingerprint density at radius 1 is 1.47 bits per heavy atom.